The third kappa shape index (κ3) is 6.75. The van der Waals surface area contributed by atoms with Crippen LogP contribution in [0.3, 0.4) is 0 Å². The number of ether oxygens (including phenoxy) is 2. The van der Waals surface area contributed by atoms with E-state index in [4.69, 9.17) is 9.47 Å². The van der Waals surface area contributed by atoms with Gasteiger partial charge in [0.2, 0.25) is 5.88 Å². The first-order valence-electron chi connectivity index (χ1n) is 12.9. The van der Waals surface area contributed by atoms with Crippen LogP contribution >= 0.6 is 0 Å². The van der Waals surface area contributed by atoms with Gasteiger partial charge in [-0.05, 0) is 73.1 Å². The van der Waals surface area contributed by atoms with E-state index < -0.39 is 16.1 Å². The zero-order chi connectivity index (χ0) is 29.1. The van der Waals surface area contributed by atoms with E-state index in [1.807, 2.05) is 55.4 Å². The van der Waals surface area contributed by atoms with Crippen LogP contribution in [0.4, 0.5) is 10.5 Å². The maximum Gasteiger partial charge on any atom is 0.413 e. The molecule has 0 fully saturated rings. The highest BCUT2D eigenvalue weighted by Crippen LogP contribution is 2.40. The summed E-state index contributed by atoms with van der Waals surface area (Å²) in [5, 5.41) is 3.42. The van der Waals surface area contributed by atoms with Crippen molar-refractivity contribution in [2.24, 2.45) is 0 Å². The number of carbonyl (C=O) groups is 1. The van der Waals surface area contributed by atoms with Crippen LogP contribution in [0.5, 0.6) is 11.6 Å². The van der Waals surface area contributed by atoms with Gasteiger partial charge in [-0.25, -0.2) is 13.2 Å². The normalized spacial score (nSPS) is 12.0. The fourth-order valence-electron chi connectivity index (χ4n) is 4.23. The highest BCUT2D eigenvalue weighted by atomic mass is 32.2. The van der Waals surface area contributed by atoms with Crippen molar-refractivity contribution in [2.45, 2.75) is 31.1 Å². The maximum atomic E-state index is 13.2. The summed E-state index contributed by atoms with van der Waals surface area (Å²) in [6.45, 7) is 7.31. The van der Waals surface area contributed by atoms with Gasteiger partial charge in [-0.15, -0.1) is 0 Å². The van der Waals surface area contributed by atoms with E-state index in [0.29, 0.717) is 41.0 Å². The second-order valence-electron chi connectivity index (χ2n) is 10.8. The zero-order valence-corrected chi connectivity index (χ0v) is 24.5. The molecule has 40 heavy (non-hydrogen) atoms. The SMILES string of the molecule is COc1cccc(-c2c(OC(=O)NCCN(C)C)[nH]c3ccc(NS(=O)(=O)c4ccc(C(C)(C)C)cc4)cc23)c1. The fourth-order valence-corrected chi connectivity index (χ4v) is 5.28. The summed E-state index contributed by atoms with van der Waals surface area (Å²) in [4.78, 5) is 17.9. The Balaban J connectivity index is 1.70. The average molecular weight is 565 g/mol. The minimum Gasteiger partial charge on any atom is -0.497 e. The monoisotopic (exact) mass is 564 g/mol. The summed E-state index contributed by atoms with van der Waals surface area (Å²) in [7, 11) is 1.56. The average Bonchev–Trinajstić information content (AvgIpc) is 3.24. The number of aromatic nitrogens is 1. The van der Waals surface area contributed by atoms with Crippen molar-refractivity contribution in [3.05, 3.63) is 72.3 Å². The Bertz CT molecular complexity index is 1600. The number of benzene rings is 3. The largest absolute Gasteiger partial charge is 0.497 e. The topological polar surface area (TPSA) is 113 Å². The van der Waals surface area contributed by atoms with E-state index in [-0.39, 0.29) is 16.2 Å². The lowest BCUT2D eigenvalue weighted by atomic mass is 9.87. The lowest BCUT2D eigenvalue weighted by Gasteiger charge is -2.19. The van der Waals surface area contributed by atoms with E-state index >= 15 is 0 Å². The number of rotatable bonds is 9. The molecule has 4 rings (SSSR count). The number of methoxy groups -OCH3 is 1. The molecular weight excluding hydrogens is 528 g/mol. The van der Waals surface area contributed by atoms with Crippen molar-refractivity contribution in [3.63, 3.8) is 0 Å². The highest BCUT2D eigenvalue weighted by Gasteiger charge is 2.21. The van der Waals surface area contributed by atoms with Gasteiger partial charge in [0.1, 0.15) is 5.75 Å². The van der Waals surface area contributed by atoms with E-state index in [9.17, 15) is 13.2 Å². The number of nitrogens with one attached hydrogen (secondary N) is 3. The number of amides is 1. The number of carbonyl (C=O) groups excluding carboxylic acids is 1. The number of anilines is 1. The van der Waals surface area contributed by atoms with E-state index in [2.05, 4.69) is 35.8 Å². The van der Waals surface area contributed by atoms with Gasteiger partial charge < -0.3 is 24.7 Å². The molecule has 0 aliphatic carbocycles. The zero-order valence-electron chi connectivity index (χ0n) is 23.7. The lowest BCUT2D eigenvalue weighted by molar-refractivity contribution is 0.198. The van der Waals surface area contributed by atoms with Crippen LogP contribution in [0.2, 0.25) is 0 Å². The van der Waals surface area contributed by atoms with Gasteiger partial charge in [-0.2, -0.15) is 0 Å². The molecular formula is C30H36N4O5S. The second kappa shape index (κ2) is 11.6. The minimum atomic E-state index is -3.84. The molecule has 0 saturated carbocycles. The van der Waals surface area contributed by atoms with Crippen molar-refractivity contribution < 1.29 is 22.7 Å². The Labute approximate surface area is 235 Å². The number of sulfonamides is 1. The number of H-pyrrole nitrogens is 1. The standard InChI is InChI=1S/C30H36N4O5S/c1-30(2,3)21-10-13-24(14-11-21)40(36,37)33-22-12-15-26-25(19-22)27(20-8-7-9-23(18-20)38-6)28(32-26)39-29(35)31-16-17-34(4)5/h7-15,18-19,32-33H,16-17H2,1-6H3,(H,31,35). The number of fused-ring (bicyclic) bond motifs is 1. The van der Waals surface area contributed by atoms with E-state index in [1.165, 1.54) is 0 Å². The molecule has 0 aliphatic rings. The van der Waals surface area contributed by atoms with Crippen LogP contribution in [0.1, 0.15) is 26.3 Å². The van der Waals surface area contributed by atoms with E-state index in [0.717, 1.165) is 11.1 Å². The summed E-state index contributed by atoms with van der Waals surface area (Å²) in [6, 6.07) is 19.4. The van der Waals surface area contributed by atoms with Gasteiger partial charge in [-0.1, -0.05) is 45.0 Å². The number of hydrogen-bond acceptors (Lipinski definition) is 6. The molecule has 0 radical (unpaired) electrons. The predicted octanol–water partition coefficient (Wildman–Crippen LogP) is 5.59. The van der Waals surface area contributed by atoms with Crippen molar-refractivity contribution in [1.82, 2.24) is 15.2 Å². The second-order valence-corrected chi connectivity index (χ2v) is 12.5. The molecule has 212 valence electrons. The Kier molecular flexibility index (Phi) is 8.41. The van der Waals surface area contributed by atoms with Gasteiger partial charge in [0.05, 0.1) is 17.6 Å². The van der Waals surface area contributed by atoms with Gasteiger partial charge in [0, 0.05) is 29.7 Å². The van der Waals surface area contributed by atoms with Crippen LogP contribution < -0.4 is 19.5 Å². The Morgan fingerprint density at radius 3 is 2.38 bits per heavy atom. The summed E-state index contributed by atoms with van der Waals surface area (Å²) in [6.07, 6.45) is -0.600. The first-order valence-corrected chi connectivity index (χ1v) is 14.4. The van der Waals surface area contributed by atoms with Crippen LogP contribution in [0.15, 0.2) is 71.6 Å². The molecule has 0 saturated heterocycles. The van der Waals surface area contributed by atoms with Gasteiger partial charge in [0.15, 0.2) is 0 Å². The summed E-state index contributed by atoms with van der Waals surface area (Å²) >= 11 is 0. The van der Waals surface area contributed by atoms with Gasteiger partial charge in [-0.3, -0.25) is 4.72 Å². The molecule has 3 N–H and O–H groups in total. The quantitative estimate of drug-likeness (QED) is 0.244. The molecule has 4 aromatic rings. The number of hydrogen-bond donors (Lipinski definition) is 3. The predicted molar refractivity (Wildman–Crippen MR) is 159 cm³/mol. The molecule has 0 aliphatic heterocycles. The molecule has 9 nitrogen and oxygen atoms in total. The van der Waals surface area contributed by atoms with Crippen LogP contribution in [-0.4, -0.2) is 58.7 Å². The molecule has 0 unspecified atom stereocenters. The molecule has 10 heteroatoms. The third-order valence-electron chi connectivity index (χ3n) is 6.43. The van der Waals surface area contributed by atoms with Crippen LogP contribution in [-0.2, 0) is 15.4 Å². The van der Waals surface area contributed by atoms with Crippen molar-refractivity contribution >= 4 is 32.7 Å². The fraction of sp³-hybridized carbons (Fsp3) is 0.300. The smallest absolute Gasteiger partial charge is 0.413 e. The molecule has 0 atom stereocenters. The summed E-state index contributed by atoms with van der Waals surface area (Å²) in [5.74, 6) is 0.868. The first-order chi connectivity index (χ1) is 18.9. The van der Waals surface area contributed by atoms with Gasteiger partial charge >= 0.3 is 6.09 Å². The van der Waals surface area contributed by atoms with E-state index in [1.54, 1.807) is 37.4 Å². The summed E-state index contributed by atoms with van der Waals surface area (Å²) < 4.78 is 40.2. The molecule has 0 bridgehead atoms. The summed E-state index contributed by atoms with van der Waals surface area (Å²) in [5.41, 5.74) is 3.34. The highest BCUT2D eigenvalue weighted by molar-refractivity contribution is 7.92. The van der Waals surface area contributed by atoms with Crippen molar-refractivity contribution in [3.8, 4) is 22.8 Å². The molecule has 3 aromatic carbocycles. The lowest BCUT2D eigenvalue weighted by Crippen LogP contribution is -2.33. The Hall–Kier alpha value is -4.02. The van der Waals surface area contributed by atoms with Crippen molar-refractivity contribution in [2.75, 3.05) is 39.0 Å². The molecule has 1 amide bonds. The number of likely N-dealkylation sites (N-methyl/N-ethyl adjacent to an activating group) is 1. The molecule has 0 spiro atoms. The van der Waals surface area contributed by atoms with Crippen LogP contribution in [0, 0.1) is 0 Å². The minimum absolute atomic E-state index is 0.0887. The first kappa shape index (κ1) is 29.0. The number of aromatic amines is 1. The van der Waals surface area contributed by atoms with Crippen LogP contribution in [0.25, 0.3) is 22.0 Å². The molecule has 1 heterocycles. The maximum absolute atomic E-state index is 13.2. The Morgan fingerprint density at radius 2 is 1.73 bits per heavy atom. The third-order valence-corrected chi connectivity index (χ3v) is 7.83. The Morgan fingerprint density at radius 1 is 1.00 bits per heavy atom. The van der Waals surface area contributed by atoms with Gasteiger partial charge in [0.25, 0.3) is 10.0 Å². The molecule has 1 aromatic heterocycles. The number of nitrogens with zero attached hydrogens (tertiary/aromatic N) is 1. The van der Waals surface area contributed by atoms with Crippen molar-refractivity contribution in [1.29, 1.82) is 0 Å².